The summed E-state index contributed by atoms with van der Waals surface area (Å²) >= 11 is 0. The van der Waals surface area contributed by atoms with E-state index in [-0.39, 0.29) is 5.91 Å². The molecule has 1 amide bonds. The Morgan fingerprint density at radius 1 is 0.875 bits per heavy atom. The van der Waals surface area contributed by atoms with Gasteiger partial charge in [-0.25, -0.2) is 5.43 Å². The number of anilines is 1. The van der Waals surface area contributed by atoms with E-state index in [1.165, 1.54) is 16.3 Å². The lowest BCUT2D eigenvalue weighted by atomic mass is 10.0. The number of fused-ring (bicyclic) bond motifs is 2. The third-order valence-electron chi connectivity index (χ3n) is 5.62. The highest BCUT2D eigenvalue weighted by atomic mass is 16.2. The molecule has 0 saturated carbocycles. The van der Waals surface area contributed by atoms with E-state index in [0.29, 0.717) is 11.3 Å². The lowest BCUT2D eigenvalue weighted by Crippen LogP contribution is -2.18. The van der Waals surface area contributed by atoms with Gasteiger partial charge in [-0.05, 0) is 34.5 Å². The highest BCUT2D eigenvalue weighted by Crippen LogP contribution is 2.24. The van der Waals surface area contributed by atoms with E-state index in [1.54, 1.807) is 30.5 Å². The molecule has 5 nitrogen and oxygen atoms in total. The second-order valence-corrected chi connectivity index (χ2v) is 7.65. The molecule has 0 bridgehead atoms. The van der Waals surface area contributed by atoms with Crippen LogP contribution < -0.4 is 11.2 Å². The zero-order valence-electron chi connectivity index (χ0n) is 17.4. The van der Waals surface area contributed by atoms with Crippen molar-refractivity contribution < 1.29 is 4.79 Å². The number of nitrogens with one attached hydrogen (secondary N) is 1. The van der Waals surface area contributed by atoms with Crippen LogP contribution in [0.3, 0.4) is 0 Å². The fourth-order valence-corrected chi connectivity index (χ4v) is 4.05. The predicted octanol–water partition coefficient (Wildman–Crippen LogP) is 5.19. The van der Waals surface area contributed by atoms with Crippen LogP contribution in [0.5, 0.6) is 0 Å². The number of hydrogen-bond acceptors (Lipinski definition) is 3. The van der Waals surface area contributed by atoms with Crippen molar-refractivity contribution in [2.75, 3.05) is 5.73 Å². The number of nitrogen functional groups attached to an aromatic ring is 1. The van der Waals surface area contributed by atoms with Crippen molar-refractivity contribution >= 4 is 39.5 Å². The van der Waals surface area contributed by atoms with Crippen LogP contribution in [0.2, 0.25) is 0 Å². The predicted molar refractivity (Wildman–Crippen MR) is 131 cm³/mol. The summed E-state index contributed by atoms with van der Waals surface area (Å²) in [6.07, 6.45) is 3.75. The molecule has 4 aromatic carbocycles. The summed E-state index contributed by atoms with van der Waals surface area (Å²) in [5.74, 6) is -0.334. The molecule has 0 atom stereocenters. The molecule has 5 rings (SSSR count). The SMILES string of the molecule is Nc1ccccc1C(=O)N/N=C/c1cn(Cc2cccc3ccccc23)c2ccccc12. The minimum Gasteiger partial charge on any atom is -0.398 e. The maximum absolute atomic E-state index is 12.4. The Bertz CT molecular complexity index is 1460. The number of carbonyl (C=O) groups is 1. The summed E-state index contributed by atoms with van der Waals surface area (Å²) < 4.78 is 2.22. The van der Waals surface area contributed by atoms with Gasteiger partial charge < -0.3 is 10.3 Å². The number of amides is 1. The number of aromatic nitrogens is 1. The third kappa shape index (κ3) is 3.72. The van der Waals surface area contributed by atoms with E-state index in [0.717, 1.165) is 23.0 Å². The number of nitrogens with two attached hydrogens (primary N) is 1. The maximum atomic E-state index is 12.4. The standard InChI is InChI=1S/C27H22N4O/c28-25-14-5-3-13-24(25)27(32)30-29-16-21-18-31(26-15-6-4-12-23(21)26)17-20-10-7-9-19-8-1-2-11-22(19)20/h1-16,18H,17,28H2,(H,30,32)/b29-16+. The summed E-state index contributed by atoms with van der Waals surface area (Å²) in [6, 6.07) is 29.9. The number of hydrogen-bond donors (Lipinski definition) is 2. The molecular formula is C27H22N4O. The van der Waals surface area contributed by atoms with Crippen LogP contribution in [0.1, 0.15) is 21.5 Å². The Balaban J connectivity index is 1.45. The highest BCUT2D eigenvalue weighted by Gasteiger charge is 2.10. The van der Waals surface area contributed by atoms with Gasteiger partial charge in [0.2, 0.25) is 0 Å². The second-order valence-electron chi connectivity index (χ2n) is 7.65. The topological polar surface area (TPSA) is 72.4 Å². The molecule has 5 aromatic rings. The van der Waals surface area contributed by atoms with Gasteiger partial charge in [0.25, 0.3) is 5.91 Å². The van der Waals surface area contributed by atoms with E-state index in [9.17, 15) is 4.79 Å². The lowest BCUT2D eigenvalue weighted by molar-refractivity contribution is 0.0956. The van der Waals surface area contributed by atoms with Crippen molar-refractivity contribution in [3.8, 4) is 0 Å². The van der Waals surface area contributed by atoms with Crippen LogP contribution in [0.15, 0.2) is 102 Å². The number of nitrogens with zero attached hydrogens (tertiary/aromatic N) is 2. The molecule has 1 heterocycles. The van der Waals surface area contributed by atoms with Crippen LogP contribution in [-0.2, 0) is 6.54 Å². The van der Waals surface area contributed by atoms with Crippen molar-refractivity contribution in [1.82, 2.24) is 9.99 Å². The van der Waals surface area contributed by atoms with E-state index in [1.807, 2.05) is 12.1 Å². The monoisotopic (exact) mass is 418 g/mol. The van der Waals surface area contributed by atoms with Crippen LogP contribution >= 0.6 is 0 Å². The number of rotatable bonds is 5. The average molecular weight is 419 g/mol. The smallest absolute Gasteiger partial charge is 0.273 e. The van der Waals surface area contributed by atoms with Crippen molar-refractivity contribution in [3.63, 3.8) is 0 Å². The second kappa shape index (κ2) is 8.40. The fourth-order valence-electron chi connectivity index (χ4n) is 4.05. The summed E-state index contributed by atoms with van der Waals surface area (Å²) in [4.78, 5) is 12.4. The molecule has 0 unspecified atom stereocenters. The Hall–Kier alpha value is -4.38. The van der Waals surface area contributed by atoms with Crippen molar-refractivity contribution in [2.45, 2.75) is 6.54 Å². The van der Waals surface area contributed by atoms with E-state index in [4.69, 9.17) is 5.73 Å². The van der Waals surface area contributed by atoms with Crippen LogP contribution in [0, 0.1) is 0 Å². The third-order valence-corrected chi connectivity index (χ3v) is 5.62. The first-order valence-corrected chi connectivity index (χ1v) is 10.4. The van der Waals surface area contributed by atoms with Gasteiger partial charge in [0.1, 0.15) is 0 Å². The normalized spacial score (nSPS) is 11.4. The largest absolute Gasteiger partial charge is 0.398 e. The lowest BCUT2D eigenvalue weighted by Gasteiger charge is -2.09. The van der Waals surface area contributed by atoms with Crippen LogP contribution in [0.4, 0.5) is 5.69 Å². The van der Waals surface area contributed by atoms with Crippen LogP contribution in [-0.4, -0.2) is 16.7 Å². The Labute approximate surface area is 185 Å². The van der Waals surface area contributed by atoms with Crippen LogP contribution in [0.25, 0.3) is 21.7 Å². The van der Waals surface area contributed by atoms with Gasteiger partial charge in [-0.3, -0.25) is 4.79 Å². The first kappa shape index (κ1) is 19.6. The zero-order valence-corrected chi connectivity index (χ0v) is 17.4. The molecule has 0 fully saturated rings. The van der Waals surface area contributed by atoms with Crippen molar-refractivity contribution in [3.05, 3.63) is 114 Å². The molecule has 1 aromatic heterocycles. The summed E-state index contributed by atoms with van der Waals surface area (Å²) in [6.45, 7) is 0.739. The quantitative estimate of drug-likeness (QED) is 0.234. The van der Waals surface area contributed by atoms with E-state index >= 15 is 0 Å². The summed E-state index contributed by atoms with van der Waals surface area (Å²) in [7, 11) is 0. The number of para-hydroxylation sites is 2. The van der Waals surface area contributed by atoms with Gasteiger partial charge in [-0.2, -0.15) is 5.10 Å². The van der Waals surface area contributed by atoms with Gasteiger partial charge in [-0.1, -0.05) is 72.8 Å². The van der Waals surface area contributed by atoms with Crippen molar-refractivity contribution in [1.29, 1.82) is 0 Å². The molecule has 5 heteroatoms. The number of benzene rings is 4. The highest BCUT2D eigenvalue weighted by molar-refractivity contribution is 6.02. The molecular weight excluding hydrogens is 396 g/mol. The minimum absolute atomic E-state index is 0.334. The minimum atomic E-state index is -0.334. The van der Waals surface area contributed by atoms with Gasteiger partial charge >= 0.3 is 0 Å². The molecule has 0 aliphatic carbocycles. The Kier molecular flexibility index (Phi) is 5.14. The molecule has 0 spiro atoms. The van der Waals surface area contributed by atoms with Gasteiger partial charge in [0.15, 0.2) is 0 Å². The van der Waals surface area contributed by atoms with Gasteiger partial charge in [0, 0.05) is 34.9 Å². The Morgan fingerprint density at radius 3 is 2.47 bits per heavy atom. The Morgan fingerprint density at radius 2 is 1.59 bits per heavy atom. The number of hydrazone groups is 1. The summed E-state index contributed by atoms with van der Waals surface area (Å²) in [5, 5.41) is 7.73. The molecule has 32 heavy (non-hydrogen) atoms. The van der Waals surface area contributed by atoms with Gasteiger partial charge in [-0.15, -0.1) is 0 Å². The summed E-state index contributed by atoms with van der Waals surface area (Å²) in [5.41, 5.74) is 12.6. The van der Waals surface area contributed by atoms with Crippen molar-refractivity contribution in [2.24, 2.45) is 5.10 Å². The molecule has 0 radical (unpaired) electrons. The molecule has 0 aliphatic rings. The molecule has 3 N–H and O–H groups in total. The molecule has 0 aliphatic heterocycles. The maximum Gasteiger partial charge on any atom is 0.273 e. The van der Waals surface area contributed by atoms with E-state index in [2.05, 4.69) is 75.9 Å². The van der Waals surface area contributed by atoms with Gasteiger partial charge in [0.05, 0.1) is 11.8 Å². The molecule has 0 saturated heterocycles. The first-order valence-electron chi connectivity index (χ1n) is 10.4. The molecule has 156 valence electrons. The first-order chi connectivity index (χ1) is 15.7. The van der Waals surface area contributed by atoms with E-state index < -0.39 is 0 Å². The fraction of sp³-hybridized carbons (Fsp3) is 0.0370. The zero-order chi connectivity index (χ0) is 21.9. The average Bonchev–Trinajstić information content (AvgIpc) is 3.17. The number of carbonyl (C=O) groups excluding carboxylic acids is 1.